The second-order valence-electron chi connectivity index (χ2n) is 6.28. The largest absolute Gasteiger partial charge is 0.461 e. The number of hydrogen-bond donors (Lipinski definition) is 1. The van der Waals surface area contributed by atoms with Crippen LogP contribution in [0.5, 0.6) is 0 Å². The van der Waals surface area contributed by atoms with E-state index in [4.69, 9.17) is 19.3 Å². The first kappa shape index (κ1) is 16.7. The number of furan rings is 1. The lowest BCUT2D eigenvalue weighted by Crippen LogP contribution is -2.10. The van der Waals surface area contributed by atoms with Crippen molar-refractivity contribution in [2.45, 2.75) is 41.2 Å². The van der Waals surface area contributed by atoms with E-state index in [1.54, 1.807) is 6.92 Å². The summed E-state index contributed by atoms with van der Waals surface area (Å²) in [6.07, 6.45) is 0. The summed E-state index contributed by atoms with van der Waals surface area (Å²) >= 11 is 0. The van der Waals surface area contributed by atoms with E-state index >= 15 is 0 Å². The zero-order valence-electron chi connectivity index (χ0n) is 14.8. The average molecular weight is 329 g/mol. The zero-order valence-corrected chi connectivity index (χ0v) is 14.8. The second-order valence-corrected chi connectivity index (χ2v) is 6.28. The molecular weight excluding hydrogens is 306 g/mol. The van der Waals surface area contributed by atoms with Crippen LogP contribution in [0.25, 0.3) is 21.9 Å². The molecule has 0 saturated carbocycles. The maximum atomic E-state index is 12.2. The highest BCUT2D eigenvalue weighted by Gasteiger charge is 2.22. The van der Waals surface area contributed by atoms with Gasteiger partial charge in [0.15, 0.2) is 0 Å². The van der Waals surface area contributed by atoms with Crippen LogP contribution < -0.4 is 11.4 Å². The summed E-state index contributed by atoms with van der Waals surface area (Å²) in [7, 11) is 0. The molecule has 0 radical (unpaired) electrons. The van der Waals surface area contributed by atoms with E-state index in [1.807, 2.05) is 27.7 Å². The standard InChI is InChI=1S/C19H23NO4/c1-9-10(2)19(21)24-18-14(8-22-7-6-20)17-16(12(4)15(9)18)11(3)13(5)23-17/h6-8,20H2,1-5H3. The second kappa shape index (κ2) is 6.07. The van der Waals surface area contributed by atoms with Crippen LogP contribution in [0.1, 0.15) is 33.6 Å². The third-order valence-corrected chi connectivity index (χ3v) is 4.86. The van der Waals surface area contributed by atoms with E-state index in [9.17, 15) is 4.79 Å². The van der Waals surface area contributed by atoms with E-state index < -0.39 is 0 Å². The molecule has 0 bridgehead atoms. The van der Waals surface area contributed by atoms with Gasteiger partial charge in [0.05, 0.1) is 18.8 Å². The minimum Gasteiger partial charge on any atom is -0.461 e. The third-order valence-electron chi connectivity index (χ3n) is 4.86. The Morgan fingerprint density at radius 1 is 0.875 bits per heavy atom. The maximum Gasteiger partial charge on any atom is 0.339 e. The average Bonchev–Trinajstić information content (AvgIpc) is 2.83. The Labute approximate surface area is 140 Å². The van der Waals surface area contributed by atoms with E-state index in [2.05, 4.69) is 0 Å². The van der Waals surface area contributed by atoms with Crippen LogP contribution in [0.4, 0.5) is 0 Å². The molecule has 0 aliphatic heterocycles. The smallest absolute Gasteiger partial charge is 0.339 e. The lowest BCUT2D eigenvalue weighted by atomic mass is 9.95. The highest BCUT2D eigenvalue weighted by Crippen LogP contribution is 2.38. The van der Waals surface area contributed by atoms with Crippen molar-refractivity contribution in [1.29, 1.82) is 0 Å². The molecule has 0 aliphatic carbocycles. The van der Waals surface area contributed by atoms with Gasteiger partial charge in [-0.15, -0.1) is 0 Å². The van der Waals surface area contributed by atoms with Crippen LogP contribution in [0.2, 0.25) is 0 Å². The summed E-state index contributed by atoms with van der Waals surface area (Å²) in [6, 6.07) is 0. The number of aryl methyl sites for hydroxylation is 4. The highest BCUT2D eigenvalue weighted by molar-refractivity contribution is 6.04. The van der Waals surface area contributed by atoms with Crippen LogP contribution in [-0.4, -0.2) is 13.2 Å². The fourth-order valence-electron chi connectivity index (χ4n) is 3.30. The van der Waals surface area contributed by atoms with Gasteiger partial charge in [0.25, 0.3) is 0 Å². The molecule has 0 atom stereocenters. The minimum atomic E-state index is -0.321. The van der Waals surface area contributed by atoms with Crippen molar-refractivity contribution in [1.82, 2.24) is 0 Å². The third kappa shape index (κ3) is 2.36. The molecule has 3 rings (SSSR count). The summed E-state index contributed by atoms with van der Waals surface area (Å²) in [5, 5.41) is 2.04. The van der Waals surface area contributed by atoms with Gasteiger partial charge in [-0.05, 0) is 51.3 Å². The van der Waals surface area contributed by atoms with Gasteiger partial charge in [-0.3, -0.25) is 0 Å². The molecular formula is C19H23NO4. The van der Waals surface area contributed by atoms with Crippen LogP contribution in [0.3, 0.4) is 0 Å². The van der Waals surface area contributed by atoms with Crippen LogP contribution in [0.15, 0.2) is 13.6 Å². The highest BCUT2D eigenvalue weighted by atomic mass is 16.5. The first-order chi connectivity index (χ1) is 11.4. The maximum absolute atomic E-state index is 12.2. The fraction of sp³-hybridized carbons (Fsp3) is 0.421. The number of nitrogens with two attached hydrogens (primary N) is 1. The first-order valence-corrected chi connectivity index (χ1v) is 8.11. The van der Waals surface area contributed by atoms with E-state index in [0.29, 0.717) is 30.9 Å². The van der Waals surface area contributed by atoms with E-state index in [1.165, 1.54) is 0 Å². The normalized spacial score (nSPS) is 11.8. The number of fused-ring (bicyclic) bond motifs is 2. The summed E-state index contributed by atoms with van der Waals surface area (Å²) < 4.78 is 17.3. The van der Waals surface area contributed by atoms with Gasteiger partial charge in [0.1, 0.15) is 16.9 Å². The Kier molecular flexibility index (Phi) is 4.24. The molecule has 0 amide bonds. The summed E-state index contributed by atoms with van der Waals surface area (Å²) in [4.78, 5) is 12.2. The first-order valence-electron chi connectivity index (χ1n) is 8.11. The van der Waals surface area contributed by atoms with E-state index in [0.717, 1.165) is 44.4 Å². The Hall–Kier alpha value is -2.11. The monoisotopic (exact) mass is 329 g/mol. The Balaban J connectivity index is 2.49. The van der Waals surface area contributed by atoms with Gasteiger partial charge in [0.2, 0.25) is 0 Å². The van der Waals surface area contributed by atoms with Crippen molar-refractivity contribution >= 4 is 21.9 Å². The predicted molar refractivity (Wildman–Crippen MR) is 94.7 cm³/mol. The topological polar surface area (TPSA) is 78.6 Å². The Bertz CT molecular complexity index is 995. The van der Waals surface area contributed by atoms with Gasteiger partial charge in [-0.1, -0.05) is 0 Å². The molecule has 1 aromatic carbocycles. The lowest BCUT2D eigenvalue weighted by Gasteiger charge is -2.13. The van der Waals surface area contributed by atoms with Crippen molar-refractivity contribution in [3.05, 3.63) is 44.0 Å². The van der Waals surface area contributed by atoms with Gasteiger partial charge < -0.3 is 19.3 Å². The van der Waals surface area contributed by atoms with Crippen LogP contribution >= 0.6 is 0 Å². The molecule has 2 aromatic heterocycles. The molecule has 0 unspecified atom stereocenters. The van der Waals surface area contributed by atoms with Gasteiger partial charge >= 0.3 is 5.63 Å². The molecule has 0 saturated heterocycles. The molecule has 24 heavy (non-hydrogen) atoms. The molecule has 3 aromatic rings. The Morgan fingerprint density at radius 3 is 2.17 bits per heavy atom. The van der Waals surface area contributed by atoms with Crippen LogP contribution in [0, 0.1) is 34.6 Å². The molecule has 128 valence electrons. The Morgan fingerprint density at radius 2 is 1.50 bits per heavy atom. The summed E-state index contributed by atoms with van der Waals surface area (Å²) in [5.41, 5.74) is 11.0. The molecule has 2 heterocycles. The van der Waals surface area contributed by atoms with Gasteiger partial charge in [-0.25, -0.2) is 4.79 Å². The number of benzene rings is 1. The van der Waals surface area contributed by atoms with Gasteiger partial charge in [-0.2, -0.15) is 0 Å². The lowest BCUT2D eigenvalue weighted by molar-refractivity contribution is 0.128. The van der Waals surface area contributed by atoms with E-state index in [-0.39, 0.29) is 5.63 Å². The summed E-state index contributed by atoms with van der Waals surface area (Å²) in [5.74, 6) is 0.861. The van der Waals surface area contributed by atoms with Gasteiger partial charge in [0, 0.05) is 22.9 Å². The summed E-state index contributed by atoms with van der Waals surface area (Å²) in [6.45, 7) is 11.0. The zero-order chi connectivity index (χ0) is 17.6. The van der Waals surface area contributed by atoms with Crippen molar-refractivity contribution in [3.63, 3.8) is 0 Å². The fourth-order valence-corrected chi connectivity index (χ4v) is 3.30. The predicted octanol–water partition coefficient (Wildman–Crippen LogP) is 3.56. The molecule has 5 nitrogen and oxygen atoms in total. The number of hydrogen-bond acceptors (Lipinski definition) is 5. The number of ether oxygens (including phenoxy) is 1. The number of rotatable bonds is 4. The SMILES string of the molecule is Cc1oc2c(COCCN)c3oc(=O)c(C)c(C)c3c(C)c2c1C. The molecule has 0 spiro atoms. The van der Waals surface area contributed by atoms with Crippen LogP contribution in [-0.2, 0) is 11.3 Å². The van der Waals surface area contributed by atoms with Crippen molar-refractivity contribution in [2.75, 3.05) is 13.2 Å². The minimum absolute atomic E-state index is 0.294. The molecule has 5 heteroatoms. The van der Waals surface area contributed by atoms with Crippen molar-refractivity contribution in [2.24, 2.45) is 5.73 Å². The quantitative estimate of drug-likeness (QED) is 0.585. The van der Waals surface area contributed by atoms with Crippen molar-refractivity contribution in [3.8, 4) is 0 Å². The van der Waals surface area contributed by atoms with Crippen molar-refractivity contribution < 1.29 is 13.6 Å². The molecule has 2 N–H and O–H groups in total. The molecule has 0 aliphatic rings. The molecule has 0 fully saturated rings.